The molecule has 0 aromatic heterocycles. The van der Waals surface area contributed by atoms with E-state index in [1.54, 1.807) is 55.5 Å². The molecule has 22 heavy (non-hydrogen) atoms. The van der Waals surface area contributed by atoms with Crippen LogP contribution in [0.2, 0.25) is 0 Å². The molecule has 108 valence electrons. The van der Waals surface area contributed by atoms with Crippen LogP contribution in [-0.2, 0) is 4.79 Å². The lowest BCUT2D eigenvalue weighted by molar-refractivity contribution is -0.130. The fraction of sp³-hybridized carbons (Fsp3) is 0.0588. The lowest BCUT2D eigenvalue weighted by Gasteiger charge is -2.03. The van der Waals surface area contributed by atoms with Crippen LogP contribution in [0.5, 0.6) is 5.75 Å². The highest BCUT2D eigenvalue weighted by molar-refractivity contribution is 5.88. The fourth-order valence-corrected chi connectivity index (χ4v) is 1.49. The largest absolute Gasteiger partial charge is 0.423 e. The highest BCUT2D eigenvalue weighted by Gasteiger charge is 2.04. The Morgan fingerprint density at radius 2 is 1.55 bits per heavy atom. The van der Waals surface area contributed by atoms with Crippen LogP contribution in [0.1, 0.15) is 12.5 Å². The van der Waals surface area contributed by atoms with Gasteiger partial charge in [0.2, 0.25) is 0 Å². The minimum atomic E-state index is -0.466. The summed E-state index contributed by atoms with van der Waals surface area (Å²) >= 11 is 0. The van der Waals surface area contributed by atoms with E-state index in [1.165, 1.54) is 0 Å². The molecule has 2 aromatic carbocycles. The van der Waals surface area contributed by atoms with Crippen LogP contribution in [0.4, 0.5) is 11.4 Å². The first kappa shape index (κ1) is 15.1. The maximum Gasteiger partial charge on any atom is 0.338 e. The third-order valence-corrected chi connectivity index (χ3v) is 2.67. The van der Waals surface area contributed by atoms with Crippen LogP contribution in [0.25, 0.3) is 0 Å². The molecule has 0 aliphatic rings. The molecule has 5 nitrogen and oxygen atoms in total. The normalized spacial score (nSPS) is 10.2. The van der Waals surface area contributed by atoms with Crippen molar-refractivity contribution in [2.75, 3.05) is 0 Å². The maximum absolute atomic E-state index is 11.4. The van der Waals surface area contributed by atoms with E-state index >= 15 is 0 Å². The summed E-state index contributed by atoms with van der Waals surface area (Å²) in [4.78, 5) is 11.4. The Hall–Kier alpha value is -3.26. The van der Waals surface area contributed by atoms with Gasteiger partial charge >= 0.3 is 5.97 Å². The first-order valence-electron chi connectivity index (χ1n) is 6.48. The summed E-state index contributed by atoms with van der Waals surface area (Å²) in [6.07, 6.45) is 0. The van der Waals surface area contributed by atoms with Crippen LogP contribution in [-0.4, -0.2) is 5.97 Å². The molecule has 2 rings (SSSR count). The monoisotopic (exact) mass is 291 g/mol. The van der Waals surface area contributed by atoms with E-state index in [0.717, 1.165) is 0 Å². The molecule has 0 fully saturated rings. The topological polar surface area (TPSA) is 74.8 Å². The number of benzene rings is 2. The van der Waals surface area contributed by atoms with E-state index < -0.39 is 5.97 Å². The van der Waals surface area contributed by atoms with Gasteiger partial charge in [0.15, 0.2) is 0 Å². The minimum Gasteiger partial charge on any atom is -0.423 e. The van der Waals surface area contributed by atoms with Crippen LogP contribution in [0.3, 0.4) is 0 Å². The molecule has 2 aromatic rings. The zero-order valence-corrected chi connectivity index (χ0v) is 12.0. The number of azo groups is 1. The van der Waals surface area contributed by atoms with Crippen LogP contribution in [0.15, 0.2) is 70.9 Å². The van der Waals surface area contributed by atoms with Crippen molar-refractivity contribution in [1.29, 1.82) is 5.26 Å². The van der Waals surface area contributed by atoms with Gasteiger partial charge in [0, 0.05) is 5.57 Å². The molecule has 0 spiro atoms. The van der Waals surface area contributed by atoms with Gasteiger partial charge in [-0.15, -0.1) is 0 Å². The van der Waals surface area contributed by atoms with E-state index in [2.05, 4.69) is 16.8 Å². The maximum atomic E-state index is 11.4. The molecule has 0 atom stereocenters. The Morgan fingerprint density at radius 1 is 1.05 bits per heavy atom. The summed E-state index contributed by atoms with van der Waals surface area (Å²) in [6.45, 7) is 5.10. The van der Waals surface area contributed by atoms with Gasteiger partial charge in [-0.1, -0.05) is 6.58 Å². The lowest BCUT2D eigenvalue weighted by atomic mass is 10.2. The first-order chi connectivity index (χ1) is 10.6. The summed E-state index contributed by atoms with van der Waals surface area (Å²) in [6, 6.07) is 15.5. The zero-order valence-electron chi connectivity index (χ0n) is 12.0. The molecule has 5 heteroatoms. The van der Waals surface area contributed by atoms with Gasteiger partial charge in [0.05, 0.1) is 23.0 Å². The summed E-state index contributed by atoms with van der Waals surface area (Å²) in [5.74, 6) is -0.0442. The number of nitrogens with zero attached hydrogens (tertiary/aromatic N) is 3. The van der Waals surface area contributed by atoms with Crippen molar-refractivity contribution in [2.24, 2.45) is 10.2 Å². The molecule has 0 radical (unpaired) electrons. The van der Waals surface area contributed by atoms with Crippen molar-refractivity contribution in [3.8, 4) is 11.8 Å². The van der Waals surface area contributed by atoms with Crippen molar-refractivity contribution in [2.45, 2.75) is 6.92 Å². The molecule has 0 saturated carbocycles. The predicted molar refractivity (Wildman–Crippen MR) is 82.2 cm³/mol. The van der Waals surface area contributed by atoms with Gasteiger partial charge in [-0.05, 0) is 55.5 Å². The Labute approximate surface area is 128 Å². The number of carbonyl (C=O) groups excluding carboxylic acids is 1. The summed E-state index contributed by atoms with van der Waals surface area (Å²) in [5.41, 5.74) is 2.18. The van der Waals surface area contributed by atoms with Gasteiger partial charge in [-0.25, -0.2) is 4.79 Å². The Bertz CT molecular complexity index is 754. The molecule has 0 unspecified atom stereocenters. The summed E-state index contributed by atoms with van der Waals surface area (Å²) in [5, 5.41) is 16.8. The Kier molecular flexibility index (Phi) is 4.78. The molecule has 0 saturated heterocycles. The molecule has 0 amide bonds. The third kappa shape index (κ3) is 4.12. The van der Waals surface area contributed by atoms with Crippen molar-refractivity contribution in [3.05, 3.63) is 66.2 Å². The van der Waals surface area contributed by atoms with E-state index in [-0.39, 0.29) is 0 Å². The molecule has 0 bridgehead atoms. The summed E-state index contributed by atoms with van der Waals surface area (Å²) < 4.78 is 5.08. The second kappa shape index (κ2) is 6.95. The van der Waals surface area contributed by atoms with Gasteiger partial charge in [0.25, 0.3) is 0 Å². The number of esters is 1. The number of hydrogen-bond acceptors (Lipinski definition) is 5. The van der Waals surface area contributed by atoms with Crippen LogP contribution < -0.4 is 4.74 Å². The number of ether oxygens (including phenoxy) is 1. The highest BCUT2D eigenvalue weighted by Crippen LogP contribution is 2.21. The molecule has 0 aliphatic heterocycles. The second-order valence-electron chi connectivity index (χ2n) is 4.52. The average molecular weight is 291 g/mol. The fourth-order valence-electron chi connectivity index (χ4n) is 1.49. The number of rotatable bonds is 4. The van der Waals surface area contributed by atoms with Gasteiger partial charge in [-0.3, -0.25) is 0 Å². The van der Waals surface area contributed by atoms with Crippen LogP contribution in [0, 0.1) is 11.3 Å². The SMILES string of the molecule is C=C(C)C(=O)Oc1ccc(N=Nc2ccc(C#N)cc2)cc1. The molecule has 0 aliphatic carbocycles. The van der Waals surface area contributed by atoms with Crippen LogP contribution >= 0.6 is 0 Å². The standard InChI is InChI=1S/C17H13N3O2/c1-12(2)17(21)22-16-9-7-15(8-10-16)20-19-14-5-3-13(11-18)4-6-14/h3-10H,1H2,2H3. The van der Waals surface area contributed by atoms with Gasteiger partial charge < -0.3 is 4.74 Å². The van der Waals surface area contributed by atoms with E-state index in [1.807, 2.05) is 6.07 Å². The summed E-state index contributed by atoms with van der Waals surface area (Å²) in [7, 11) is 0. The quantitative estimate of drug-likeness (QED) is 0.361. The number of hydrogen-bond donors (Lipinski definition) is 0. The van der Waals surface area contributed by atoms with Crippen molar-refractivity contribution >= 4 is 17.3 Å². The first-order valence-corrected chi connectivity index (χ1v) is 6.48. The second-order valence-corrected chi connectivity index (χ2v) is 4.52. The highest BCUT2D eigenvalue weighted by atomic mass is 16.5. The molecular formula is C17H13N3O2. The van der Waals surface area contributed by atoms with E-state index in [9.17, 15) is 4.79 Å². The lowest BCUT2D eigenvalue weighted by Crippen LogP contribution is -2.07. The van der Waals surface area contributed by atoms with Gasteiger partial charge in [0.1, 0.15) is 5.75 Å². The molecule has 0 N–H and O–H groups in total. The van der Waals surface area contributed by atoms with Crippen molar-refractivity contribution in [3.63, 3.8) is 0 Å². The smallest absolute Gasteiger partial charge is 0.338 e. The van der Waals surface area contributed by atoms with Crippen molar-refractivity contribution in [1.82, 2.24) is 0 Å². The van der Waals surface area contributed by atoms with E-state index in [4.69, 9.17) is 10.00 Å². The molecule has 0 heterocycles. The number of nitriles is 1. The van der Waals surface area contributed by atoms with E-state index in [0.29, 0.717) is 28.3 Å². The van der Waals surface area contributed by atoms with Crippen molar-refractivity contribution < 1.29 is 9.53 Å². The molecular weight excluding hydrogens is 278 g/mol. The zero-order chi connectivity index (χ0) is 15.9. The third-order valence-electron chi connectivity index (χ3n) is 2.67. The number of carbonyl (C=O) groups is 1. The Morgan fingerprint density at radius 3 is 2.00 bits per heavy atom. The van der Waals surface area contributed by atoms with Gasteiger partial charge in [-0.2, -0.15) is 15.5 Å². The predicted octanol–water partition coefficient (Wildman–Crippen LogP) is 4.46. The average Bonchev–Trinajstić information content (AvgIpc) is 2.54. The minimum absolute atomic E-state index is 0.338. The Balaban J connectivity index is 2.04.